The van der Waals surface area contributed by atoms with E-state index in [1.54, 1.807) is 4.57 Å². The van der Waals surface area contributed by atoms with Crippen LogP contribution >= 0.6 is 11.8 Å². The lowest BCUT2D eigenvalue weighted by Gasteiger charge is -2.08. The standard InChI is InChI=1S/C13H17N5O2S/c1-2-18-12(20)16-17-13(18)21-8-10-6-4-3-5-9(10)7-11(19)15-14/h3-6H,2,7-8,14H2,1H3,(H,15,19)(H,16,20). The number of rotatable bonds is 6. The van der Waals surface area contributed by atoms with Gasteiger partial charge < -0.3 is 0 Å². The van der Waals surface area contributed by atoms with Crippen molar-refractivity contribution in [2.24, 2.45) is 5.84 Å². The number of aromatic amines is 1. The fourth-order valence-corrected chi connectivity index (χ4v) is 2.97. The van der Waals surface area contributed by atoms with E-state index < -0.39 is 0 Å². The second-order valence-electron chi connectivity index (χ2n) is 4.36. The Hall–Kier alpha value is -2.06. The van der Waals surface area contributed by atoms with Gasteiger partial charge in [-0.3, -0.25) is 14.8 Å². The average molecular weight is 307 g/mol. The third kappa shape index (κ3) is 3.73. The van der Waals surface area contributed by atoms with E-state index in [1.807, 2.05) is 31.2 Å². The number of nitrogens with two attached hydrogens (primary N) is 1. The first-order valence-electron chi connectivity index (χ1n) is 6.50. The molecule has 0 radical (unpaired) electrons. The number of carbonyl (C=O) groups excluding carboxylic acids is 1. The van der Waals surface area contributed by atoms with Crippen LogP contribution in [0.3, 0.4) is 0 Å². The van der Waals surface area contributed by atoms with Crippen molar-refractivity contribution in [3.05, 3.63) is 45.9 Å². The van der Waals surface area contributed by atoms with Crippen LogP contribution < -0.4 is 17.0 Å². The van der Waals surface area contributed by atoms with E-state index in [2.05, 4.69) is 15.6 Å². The summed E-state index contributed by atoms with van der Waals surface area (Å²) in [6.45, 7) is 2.45. The molecule has 1 amide bonds. The van der Waals surface area contributed by atoms with Gasteiger partial charge in [0.2, 0.25) is 5.91 Å². The van der Waals surface area contributed by atoms with E-state index in [4.69, 9.17) is 5.84 Å². The summed E-state index contributed by atoms with van der Waals surface area (Å²) in [6.07, 6.45) is 0.231. The molecule has 7 nitrogen and oxygen atoms in total. The third-order valence-electron chi connectivity index (χ3n) is 3.03. The van der Waals surface area contributed by atoms with Gasteiger partial charge in [0, 0.05) is 12.3 Å². The number of aromatic nitrogens is 3. The summed E-state index contributed by atoms with van der Waals surface area (Å²) >= 11 is 1.45. The van der Waals surface area contributed by atoms with E-state index >= 15 is 0 Å². The molecule has 1 heterocycles. The zero-order valence-corrected chi connectivity index (χ0v) is 12.4. The zero-order chi connectivity index (χ0) is 15.2. The van der Waals surface area contributed by atoms with Gasteiger partial charge in [0.1, 0.15) is 0 Å². The first-order chi connectivity index (χ1) is 10.2. The number of hydrazine groups is 1. The quantitative estimate of drug-likeness (QED) is 0.310. The molecule has 1 aromatic heterocycles. The molecule has 0 saturated carbocycles. The summed E-state index contributed by atoms with van der Waals surface area (Å²) in [4.78, 5) is 22.9. The predicted octanol–water partition coefficient (Wildman–Crippen LogP) is 0.416. The van der Waals surface area contributed by atoms with Crippen LogP contribution in [0.25, 0.3) is 0 Å². The largest absolute Gasteiger partial charge is 0.343 e. The molecule has 0 aliphatic carbocycles. The molecule has 0 atom stereocenters. The highest BCUT2D eigenvalue weighted by atomic mass is 32.2. The van der Waals surface area contributed by atoms with Gasteiger partial charge in [0.25, 0.3) is 0 Å². The van der Waals surface area contributed by atoms with Crippen LogP contribution in [0.15, 0.2) is 34.2 Å². The first-order valence-corrected chi connectivity index (χ1v) is 7.48. The number of hydrogen-bond donors (Lipinski definition) is 3. The molecule has 0 saturated heterocycles. The molecule has 21 heavy (non-hydrogen) atoms. The maximum atomic E-state index is 11.5. The van der Waals surface area contributed by atoms with Crippen LogP contribution in [0.4, 0.5) is 0 Å². The summed E-state index contributed by atoms with van der Waals surface area (Å²) in [5.41, 5.74) is 3.84. The lowest BCUT2D eigenvalue weighted by Crippen LogP contribution is -2.31. The van der Waals surface area contributed by atoms with Crippen molar-refractivity contribution < 1.29 is 4.79 Å². The molecular weight excluding hydrogens is 290 g/mol. The topological polar surface area (TPSA) is 106 Å². The molecule has 0 aliphatic rings. The van der Waals surface area contributed by atoms with Crippen LogP contribution in [0.2, 0.25) is 0 Å². The molecule has 1 aromatic carbocycles. The Morgan fingerprint density at radius 2 is 2.14 bits per heavy atom. The van der Waals surface area contributed by atoms with E-state index in [-0.39, 0.29) is 18.0 Å². The summed E-state index contributed by atoms with van der Waals surface area (Å²) in [5.74, 6) is 5.50. The Kier molecular flexibility index (Phi) is 5.18. The number of nitrogens with zero attached hydrogens (tertiary/aromatic N) is 2. The minimum absolute atomic E-state index is 0.212. The number of carbonyl (C=O) groups is 1. The van der Waals surface area contributed by atoms with Crippen molar-refractivity contribution in [2.45, 2.75) is 30.8 Å². The Morgan fingerprint density at radius 1 is 1.43 bits per heavy atom. The van der Waals surface area contributed by atoms with Gasteiger partial charge in [-0.2, -0.15) is 0 Å². The third-order valence-corrected chi connectivity index (χ3v) is 4.05. The first kappa shape index (κ1) is 15.3. The van der Waals surface area contributed by atoms with E-state index in [1.165, 1.54) is 11.8 Å². The Bertz CT molecular complexity index is 679. The molecule has 0 fully saturated rings. The Morgan fingerprint density at radius 3 is 2.81 bits per heavy atom. The second kappa shape index (κ2) is 7.09. The normalized spacial score (nSPS) is 10.6. The van der Waals surface area contributed by atoms with Crippen LogP contribution in [0.1, 0.15) is 18.1 Å². The molecule has 0 spiro atoms. The molecule has 0 bridgehead atoms. The van der Waals surface area contributed by atoms with Gasteiger partial charge >= 0.3 is 5.69 Å². The number of nitrogens with one attached hydrogen (secondary N) is 2. The fraction of sp³-hybridized carbons (Fsp3) is 0.308. The fourth-order valence-electron chi connectivity index (χ4n) is 1.93. The monoisotopic (exact) mass is 307 g/mol. The summed E-state index contributed by atoms with van der Waals surface area (Å²) in [6, 6.07) is 7.64. The lowest BCUT2D eigenvalue weighted by atomic mass is 10.1. The molecule has 2 rings (SSSR count). The van der Waals surface area contributed by atoms with E-state index in [0.717, 1.165) is 11.1 Å². The Labute approximate surface area is 125 Å². The predicted molar refractivity (Wildman–Crippen MR) is 80.6 cm³/mol. The van der Waals surface area contributed by atoms with Crippen LogP contribution in [0.5, 0.6) is 0 Å². The van der Waals surface area contributed by atoms with Crippen molar-refractivity contribution in [3.63, 3.8) is 0 Å². The second-order valence-corrected chi connectivity index (χ2v) is 5.30. The highest BCUT2D eigenvalue weighted by molar-refractivity contribution is 7.98. The number of thioether (sulfide) groups is 1. The summed E-state index contributed by atoms with van der Waals surface area (Å²) in [7, 11) is 0. The smallest absolute Gasteiger partial charge is 0.294 e. The molecule has 4 N–H and O–H groups in total. The van der Waals surface area contributed by atoms with Gasteiger partial charge in [0.15, 0.2) is 5.16 Å². The van der Waals surface area contributed by atoms with Crippen molar-refractivity contribution >= 4 is 17.7 Å². The highest BCUT2D eigenvalue weighted by Gasteiger charge is 2.10. The van der Waals surface area contributed by atoms with Gasteiger partial charge in [-0.05, 0) is 18.1 Å². The number of hydrogen-bond acceptors (Lipinski definition) is 5. The van der Waals surface area contributed by atoms with Gasteiger partial charge in [0.05, 0.1) is 6.42 Å². The molecule has 8 heteroatoms. The van der Waals surface area contributed by atoms with E-state index in [0.29, 0.717) is 17.5 Å². The molecule has 0 aliphatic heterocycles. The molecule has 112 valence electrons. The van der Waals surface area contributed by atoms with Gasteiger partial charge in [-0.15, -0.1) is 5.10 Å². The van der Waals surface area contributed by atoms with Crippen molar-refractivity contribution in [1.82, 2.24) is 20.2 Å². The number of H-pyrrole nitrogens is 1. The minimum Gasteiger partial charge on any atom is -0.294 e. The van der Waals surface area contributed by atoms with Crippen molar-refractivity contribution in [1.29, 1.82) is 0 Å². The lowest BCUT2D eigenvalue weighted by molar-refractivity contribution is -0.120. The summed E-state index contributed by atoms with van der Waals surface area (Å²) in [5, 5.41) is 7.07. The SMILES string of the molecule is CCn1c(SCc2ccccc2CC(=O)NN)n[nH]c1=O. The molecule has 0 unspecified atom stereocenters. The minimum atomic E-state index is -0.238. The van der Waals surface area contributed by atoms with E-state index in [9.17, 15) is 9.59 Å². The Balaban J connectivity index is 2.13. The van der Waals surface area contributed by atoms with Gasteiger partial charge in [-0.25, -0.2) is 15.7 Å². The number of amides is 1. The van der Waals surface area contributed by atoms with Crippen molar-refractivity contribution in [2.75, 3.05) is 0 Å². The van der Waals surface area contributed by atoms with Crippen LogP contribution in [0, 0.1) is 0 Å². The van der Waals surface area contributed by atoms with Crippen LogP contribution in [-0.4, -0.2) is 20.7 Å². The summed E-state index contributed by atoms with van der Waals surface area (Å²) < 4.78 is 1.57. The number of benzene rings is 1. The molecular formula is C13H17N5O2S. The maximum Gasteiger partial charge on any atom is 0.343 e. The van der Waals surface area contributed by atoms with Crippen LogP contribution in [-0.2, 0) is 23.5 Å². The zero-order valence-electron chi connectivity index (χ0n) is 11.6. The van der Waals surface area contributed by atoms with Gasteiger partial charge in [-0.1, -0.05) is 36.0 Å². The molecule has 2 aromatic rings. The van der Waals surface area contributed by atoms with Crippen molar-refractivity contribution in [3.8, 4) is 0 Å². The highest BCUT2D eigenvalue weighted by Crippen LogP contribution is 2.22. The maximum absolute atomic E-state index is 11.5. The average Bonchev–Trinajstić information content (AvgIpc) is 2.86.